The molecule has 0 spiro atoms. The number of nitrogens with zero attached hydrogens (tertiary/aromatic N) is 2. The van der Waals surface area contributed by atoms with E-state index in [4.69, 9.17) is 9.47 Å². The second kappa shape index (κ2) is 10.2. The maximum Gasteiger partial charge on any atom is 0.277 e. The van der Waals surface area contributed by atoms with Gasteiger partial charge in [0.1, 0.15) is 11.7 Å². The van der Waals surface area contributed by atoms with Crippen molar-refractivity contribution in [1.29, 1.82) is 0 Å². The summed E-state index contributed by atoms with van der Waals surface area (Å²) in [6.07, 6.45) is 6.86. The zero-order valence-electron chi connectivity index (χ0n) is 19.8. The largest absolute Gasteiger partial charge is 0.454 e. The Morgan fingerprint density at radius 1 is 0.971 bits per heavy atom. The predicted molar refractivity (Wildman–Crippen MR) is 133 cm³/mol. The summed E-state index contributed by atoms with van der Waals surface area (Å²) >= 11 is 0. The Labute approximate surface area is 205 Å². The molecule has 1 aliphatic carbocycles. The highest BCUT2D eigenvalue weighted by atomic mass is 16.7. The summed E-state index contributed by atoms with van der Waals surface area (Å²) in [6.45, 7) is 2.08. The summed E-state index contributed by atoms with van der Waals surface area (Å²) < 4.78 is 11.1. The Morgan fingerprint density at radius 3 is 2.51 bits per heavy atom. The SMILES string of the molecule is Cc1ccccc1[C@H](C(=O)NC1CCCCC1)N(C(=O)c1ccccn1)c1ccc2c(c1)OCO2. The van der Waals surface area contributed by atoms with E-state index in [1.807, 2.05) is 31.2 Å². The second-order valence-electron chi connectivity index (χ2n) is 9.03. The first kappa shape index (κ1) is 22.9. The molecular weight excluding hydrogens is 442 g/mol. The first-order valence-corrected chi connectivity index (χ1v) is 12.1. The molecule has 35 heavy (non-hydrogen) atoms. The molecule has 2 heterocycles. The zero-order chi connectivity index (χ0) is 24.2. The number of nitrogens with one attached hydrogen (secondary N) is 1. The van der Waals surface area contributed by atoms with Crippen molar-refractivity contribution in [1.82, 2.24) is 10.3 Å². The third-order valence-electron chi connectivity index (χ3n) is 6.68. The van der Waals surface area contributed by atoms with E-state index < -0.39 is 6.04 Å². The van der Waals surface area contributed by atoms with Gasteiger partial charge in [0.05, 0.1) is 0 Å². The number of hydrogen-bond donors (Lipinski definition) is 1. The summed E-state index contributed by atoms with van der Waals surface area (Å²) in [7, 11) is 0. The molecule has 1 saturated carbocycles. The van der Waals surface area contributed by atoms with Crippen molar-refractivity contribution < 1.29 is 19.1 Å². The maximum atomic E-state index is 14.0. The molecule has 2 aliphatic rings. The van der Waals surface area contributed by atoms with Crippen molar-refractivity contribution in [2.75, 3.05) is 11.7 Å². The van der Waals surface area contributed by atoms with E-state index in [9.17, 15) is 9.59 Å². The molecule has 1 aliphatic heterocycles. The van der Waals surface area contributed by atoms with Crippen molar-refractivity contribution in [3.8, 4) is 11.5 Å². The van der Waals surface area contributed by atoms with E-state index in [1.54, 1.807) is 42.6 Å². The molecular formula is C28H29N3O4. The number of carbonyl (C=O) groups excluding carboxylic acids is 2. The van der Waals surface area contributed by atoms with E-state index in [0.717, 1.165) is 36.8 Å². The summed E-state index contributed by atoms with van der Waals surface area (Å²) in [5, 5.41) is 3.24. The normalized spacial score (nSPS) is 15.9. The Bertz CT molecular complexity index is 1210. The average molecular weight is 472 g/mol. The molecule has 1 aromatic heterocycles. The Hall–Kier alpha value is -3.87. The fourth-order valence-electron chi connectivity index (χ4n) is 4.85. The average Bonchev–Trinajstić information content (AvgIpc) is 3.36. The number of amides is 2. The number of carbonyl (C=O) groups is 2. The number of fused-ring (bicyclic) bond motifs is 1. The van der Waals surface area contributed by atoms with E-state index in [1.165, 1.54) is 11.3 Å². The van der Waals surface area contributed by atoms with Crippen LogP contribution in [0.25, 0.3) is 0 Å². The van der Waals surface area contributed by atoms with Gasteiger partial charge in [-0.2, -0.15) is 0 Å². The number of aryl methyl sites for hydroxylation is 1. The summed E-state index contributed by atoms with van der Waals surface area (Å²) in [4.78, 5) is 33.8. The highest BCUT2D eigenvalue weighted by Crippen LogP contribution is 2.39. The number of pyridine rings is 1. The molecule has 7 heteroatoms. The third kappa shape index (κ3) is 4.85. The van der Waals surface area contributed by atoms with Gasteiger partial charge in [-0.15, -0.1) is 0 Å². The number of aromatic nitrogens is 1. The van der Waals surface area contributed by atoms with Gasteiger partial charge in [-0.25, -0.2) is 0 Å². The van der Waals surface area contributed by atoms with Crippen molar-refractivity contribution in [2.24, 2.45) is 0 Å². The molecule has 3 aromatic rings. The molecule has 0 radical (unpaired) electrons. The number of benzene rings is 2. The topological polar surface area (TPSA) is 80.8 Å². The van der Waals surface area contributed by atoms with Crippen molar-refractivity contribution in [2.45, 2.75) is 51.1 Å². The van der Waals surface area contributed by atoms with Crippen molar-refractivity contribution in [3.05, 3.63) is 83.7 Å². The van der Waals surface area contributed by atoms with Crippen LogP contribution in [0.4, 0.5) is 5.69 Å². The Morgan fingerprint density at radius 2 is 1.74 bits per heavy atom. The minimum atomic E-state index is -0.881. The molecule has 0 unspecified atom stereocenters. The van der Waals surface area contributed by atoms with Crippen molar-refractivity contribution >= 4 is 17.5 Å². The van der Waals surface area contributed by atoms with Gasteiger partial charge < -0.3 is 14.8 Å². The standard InChI is InChI=1S/C28H29N3O4/c1-19-9-5-6-12-22(19)26(27(32)30-20-10-3-2-4-11-20)31(28(33)23-13-7-8-16-29-23)21-14-15-24-25(17-21)35-18-34-24/h5-9,12-17,20,26H,2-4,10-11,18H2,1H3,(H,30,32)/t26-/m1/s1. The van der Waals surface area contributed by atoms with Gasteiger partial charge in [0.2, 0.25) is 12.7 Å². The minimum absolute atomic E-state index is 0.103. The number of hydrogen-bond acceptors (Lipinski definition) is 5. The molecule has 5 rings (SSSR count). The molecule has 7 nitrogen and oxygen atoms in total. The molecule has 180 valence electrons. The van der Waals surface area contributed by atoms with Crippen LogP contribution in [0.1, 0.15) is 59.8 Å². The Kier molecular flexibility index (Phi) is 6.66. The highest BCUT2D eigenvalue weighted by Gasteiger charge is 2.36. The lowest BCUT2D eigenvalue weighted by Crippen LogP contribution is -2.47. The van der Waals surface area contributed by atoms with Crippen LogP contribution < -0.4 is 19.7 Å². The summed E-state index contributed by atoms with van der Waals surface area (Å²) in [5.74, 6) is 0.584. The molecule has 1 N–H and O–H groups in total. The van der Waals surface area contributed by atoms with E-state index in [-0.39, 0.29) is 30.3 Å². The van der Waals surface area contributed by atoms with E-state index >= 15 is 0 Å². The van der Waals surface area contributed by atoms with Gasteiger partial charge in [0.25, 0.3) is 5.91 Å². The van der Waals surface area contributed by atoms with Crippen LogP contribution in [-0.4, -0.2) is 29.6 Å². The Balaban J connectivity index is 1.62. The monoisotopic (exact) mass is 471 g/mol. The lowest BCUT2D eigenvalue weighted by atomic mass is 9.93. The van der Waals surface area contributed by atoms with Gasteiger partial charge in [-0.3, -0.25) is 19.5 Å². The van der Waals surface area contributed by atoms with Crippen LogP contribution in [0.15, 0.2) is 66.9 Å². The third-order valence-corrected chi connectivity index (χ3v) is 6.68. The number of anilines is 1. The minimum Gasteiger partial charge on any atom is -0.454 e. The number of rotatable bonds is 6. The maximum absolute atomic E-state index is 14.0. The smallest absolute Gasteiger partial charge is 0.277 e. The molecule has 2 amide bonds. The molecule has 1 fully saturated rings. The molecule has 2 aromatic carbocycles. The van der Waals surface area contributed by atoms with Gasteiger partial charge in [-0.1, -0.05) is 49.6 Å². The van der Waals surface area contributed by atoms with Gasteiger partial charge in [0.15, 0.2) is 11.5 Å². The fraction of sp³-hybridized carbons (Fsp3) is 0.321. The van der Waals surface area contributed by atoms with Crippen LogP contribution in [0.3, 0.4) is 0 Å². The van der Waals surface area contributed by atoms with Crippen LogP contribution in [-0.2, 0) is 4.79 Å². The number of ether oxygens (including phenoxy) is 2. The first-order chi connectivity index (χ1) is 17.1. The fourth-order valence-corrected chi connectivity index (χ4v) is 4.85. The molecule has 1 atom stereocenters. The van der Waals surface area contributed by atoms with Crippen molar-refractivity contribution in [3.63, 3.8) is 0 Å². The van der Waals surface area contributed by atoms with E-state index in [2.05, 4.69) is 10.3 Å². The summed E-state index contributed by atoms with van der Waals surface area (Å²) in [5.41, 5.74) is 2.49. The lowest BCUT2D eigenvalue weighted by molar-refractivity contribution is -0.123. The van der Waals surface area contributed by atoms with Crippen LogP contribution >= 0.6 is 0 Å². The van der Waals surface area contributed by atoms with E-state index in [0.29, 0.717) is 17.2 Å². The van der Waals surface area contributed by atoms with Crippen LogP contribution in [0.2, 0.25) is 0 Å². The first-order valence-electron chi connectivity index (χ1n) is 12.1. The van der Waals surface area contributed by atoms with Gasteiger partial charge in [0, 0.05) is 24.0 Å². The predicted octanol–water partition coefficient (Wildman–Crippen LogP) is 4.96. The second-order valence-corrected chi connectivity index (χ2v) is 9.03. The van der Waals surface area contributed by atoms with Gasteiger partial charge >= 0.3 is 0 Å². The quantitative estimate of drug-likeness (QED) is 0.550. The van der Waals surface area contributed by atoms with Crippen LogP contribution in [0.5, 0.6) is 11.5 Å². The lowest BCUT2D eigenvalue weighted by Gasteiger charge is -2.34. The van der Waals surface area contributed by atoms with Gasteiger partial charge in [-0.05, 0) is 55.2 Å². The molecule has 0 saturated heterocycles. The zero-order valence-corrected chi connectivity index (χ0v) is 19.8. The summed E-state index contributed by atoms with van der Waals surface area (Å²) in [6, 6.07) is 17.4. The highest BCUT2D eigenvalue weighted by molar-refractivity contribution is 6.09. The van der Waals surface area contributed by atoms with Crippen LogP contribution in [0, 0.1) is 6.92 Å². The molecule has 0 bridgehead atoms.